The molecule has 0 radical (unpaired) electrons. The van der Waals surface area contributed by atoms with Crippen LogP contribution in [-0.4, -0.2) is 17.5 Å². The largest absolute Gasteiger partial charge is 0.310 e. The van der Waals surface area contributed by atoms with Crippen LogP contribution in [0.1, 0.15) is 24.8 Å². The highest BCUT2D eigenvalue weighted by molar-refractivity contribution is 14.1. The van der Waals surface area contributed by atoms with E-state index >= 15 is 0 Å². The Bertz CT molecular complexity index is 325. The molecule has 1 fully saturated rings. The molecule has 0 heterocycles. The van der Waals surface area contributed by atoms with Crippen LogP contribution < -0.4 is 5.32 Å². The summed E-state index contributed by atoms with van der Waals surface area (Å²) in [4.78, 5) is 0. The van der Waals surface area contributed by atoms with E-state index in [9.17, 15) is 0 Å². The fourth-order valence-electron chi connectivity index (χ4n) is 2.20. The molecule has 2 rings (SSSR count). The molecule has 2 unspecified atom stereocenters. The van der Waals surface area contributed by atoms with Crippen molar-refractivity contribution in [3.05, 3.63) is 33.4 Å². The SMILES string of the molecule is CSC1CCC(NCc2ccc(I)cc2)C1. The summed E-state index contributed by atoms with van der Waals surface area (Å²) in [6.45, 7) is 1.02. The lowest BCUT2D eigenvalue weighted by molar-refractivity contribution is 0.525. The lowest BCUT2D eigenvalue weighted by atomic mass is 10.2. The van der Waals surface area contributed by atoms with Gasteiger partial charge in [0.1, 0.15) is 0 Å². The van der Waals surface area contributed by atoms with E-state index in [1.807, 2.05) is 11.8 Å². The zero-order valence-electron chi connectivity index (χ0n) is 9.58. The highest BCUT2D eigenvalue weighted by Gasteiger charge is 2.22. The Morgan fingerprint density at radius 3 is 2.69 bits per heavy atom. The highest BCUT2D eigenvalue weighted by atomic mass is 127. The fraction of sp³-hybridized carbons (Fsp3) is 0.538. The molecule has 1 nitrogen and oxygen atoms in total. The second-order valence-corrected chi connectivity index (χ2v) is 6.76. The maximum atomic E-state index is 3.67. The molecule has 3 heteroatoms. The molecule has 1 aromatic rings. The second-order valence-electron chi connectivity index (χ2n) is 4.38. The van der Waals surface area contributed by atoms with Gasteiger partial charge >= 0.3 is 0 Å². The third-order valence-electron chi connectivity index (χ3n) is 3.23. The van der Waals surface area contributed by atoms with Crippen LogP contribution >= 0.6 is 34.4 Å². The Morgan fingerprint density at radius 2 is 2.06 bits per heavy atom. The van der Waals surface area contributed by atoms with Crippen molar-refractivity contribution in [1.82, 2.24) is 5.32 Å². The predicted octanol–water partition coefficient (Wildman–Crippen LogP) is 3.66. The van der Waals surface area contributed by atoms with E-state index in [1.54, 1.807) is 0 Å². The molecule has 16 heavy (non-hydrogen) atoms. The summed E-state index contributed by atoms with van der Waals surface area (Å²) in [7, 11) is 0. The smallest absolute Gasteiger partial charge is 0.0208 e. The van der Waals surface area contributed by atoms with Gasteiger partial charge in [-0.25, -0.2) is 0 Å². The molecule has 0 bridgehead atoms. The van der Waals surface area contributed by atoms with Crippen LogP contribution in [0.15, 0.2) is 24.3 Å². The number of hydrogen-bond donors (Lipinski definition) is 1. The first-order valence-electron chi connectivity index (χ1n) is 5.78. The summed E-state index contributed by atoms with van der Waals surface area (Å²) in [5, 5.41) is 4.55. The van der Waals surface area contributed by atoms with Crippen LogP contribution in [0.4, 0.5) is 0 Å². The number of hydrogen-bond acceptors (Lipinski definition) is 2. The van der Waals surface area contributed by atoms with Gasteiger partial charge in [0, 0.05) is 21.4 Å². The van der Waals surface area contributed by atoms with E-state index < -0.39 is 0 Å². The topological polar surface area (TPSA) is 12.0 Å². The average Bonchev–Trinajstić information content (AvgIpc) is 2.76. The molecule has 88 valence electrons. The van der Waals surface area contributed by atoms with Crippen molar-refractivity contribution in [3.63, 3.8) is 0 Å². The van der Waals surface area contributed by atoms with Gasteiger partial charge in [-0.05, 0) is 65.8 Å². The molecular formula is C13H18INS. The minimum absolute atomic E-state index is 0.733. The van der Waals surface area contributed by atoms with Crippen LogP contribution in [-0.2, 0) is 6.54 Å². The van der Waals surface area contributed by atoms with Crippen LogP contribution in [0.2, 0.25) is 0 Å². The number of rotatable bonds is 4. The van der Waals surface area contributed by atoms with Crippen molar-refractivity contribution >= 4 is 34.4 Å². The van der Waals surface area contributed by atoms with E-state index in [-0.39, 0.29) is 0 Å². The van der Waals surface area contributed by atoms with Crippen molar-refractivity contribution in [2.45, 2.75) is 37.1 Å². The predicted molar refractivity (Wildman–Crippen MR) is 80.9 cm³/mol. The lowest BCUT2D eigenvalue weighted by Crippen LogP contribution is -2.26. The Labute approximate surface area is 116 Å². The van der Waals surface area contributed by atoms with Crippen LogP contribution in [0, 0.1) is 3.57 Å². The first kappa shape index (κ1) is 12.7. The zero-order chi connectivity index (χ0) is 11.4. The Morgan fingerprint density at radius 1 is 1.31 bits per heavy atom. The Kier molecular flexibility index (Phi) is 4.97. The van der Waals surface area contributed by atoms with Crippen molar-refractivity contribution in [2.24, 2.45) is 0 Å². The third-order valence-corrected chi connectivity index (χ3v) is 5.04. The van der Waals surface area contributed by atoms with Crippen LogP contribution in [0.25, 0.3) is 0 Å². The molecule has 1 aliphatic rings. The van der Waals surface area contributed by atoms with Crippen LogP contribution in [0.5, 0.6) is 0 Å². The van der Waals surface area contributed by atoms with Gasteiger partial charge in [0.2, 0.25) is 0 Å². The van der Waals surface area contributed by atoms with Crippen LogP contribution in [0.3, 0.4) is 0 Å². The van der Waals surface area contributed by atoms with Gasteiger partial charge in [0.05, 0.1) is 0 Å². The zero-order valence-corrected chi connectivity index (χ0v) is 12.6. The summed E-state index contributed by atoms with van der Waals surface area (Å²) >= 11 is 4.37. The maximum absolute atomic E-state index is 3.67. The number of nitrogens with one attached hydrogen (secondary N) is 1. The third kappa shape index (κ3) is 3.64. The molecule has 0 saturated heterocycles. The van der Waals surface area contributed by atoms with E-state index in [2.05, 4.69) is 58.4 Å². The molecule has 2 atom stereocenters. The van der Waals surface area contributed by atoms with E-state index in [4.69, 9.17) is 0 Å². The normalized spacial score (nSPS) is 24.9. The average molecular weight is 347 g/mol. The molecule has 1 saturated carbocycles. The molecule has 0 aromatic heterocycles. The summed E-state index contributed by atoms with van der Waals surface area (Å²) < 4.78 is 1.31. The molecule has 1 aromatic carbocycles. The number of halogens is 1. The Balaban J connectivity index is 1.77. The van der Waals surface area contributed by atoms with Crippen molar-refractivity contribution < 1.29 is 0 Å². The standard InChI is InChI=1S/C13H18INS/c1-16-13-7-6-12(8-13)15-9-10-2-4-11(14)5-3-10/h2-5,12-13,15H,6-9H2,1H3. The molecule has 0 amide bonds. The summed E-state index contributed by atoms with van der Waals surface area (Å²) in [6, 6.07) is 9.52. The highest BCUT2D eigenvalue weighted by Crippen LogP contribution is 2.28. The van der Waals surface area contributed by atoms with Gasteiger partial charge in [-0.2, -0.15) is 11.8 Å². The molecule has 1 aliphatic carbocycles. The monoisotopic (exact) mass is 347 g/mol. The second kappa shape index (κ2) is 6.26. The first-order chi connectivity index (χ1) is 7.78. The lowest BCUT2D eigenvalue weighted by Gasteiger charge is -2.12. The molecule has 0 aliphatic heterocycles. The number of benzene rings is 1. The molecule has 1 N–H and O–H groups in total. The Hall–Kier alpha value is 0.260. The summed E-state index contributed by atoms with van der Waals surface area (Å²) in [5.41, 5.74) is 1.40. The van der Waals surface area contributed by atoms with Gasteiger partial charge < -0.3 is 5.32 Å². The van der Waals surface area contributed by atoms with Gasteiger partial charge in [-0.3, -0.25) is 0 Å². The quantitative estimate of drug-likeness (QED) is 0.835. The molecule has 0 spiro atoms. The summed E-state index contributed by atoms with van der Waals surface area (Å²) in [6.07, 6.45) is 6.29. The van der Waals surface area contributed by atoms with Crippen molar-refractivity contribution in [1.29, 1.82) is 0 Å². The van der Waals surface area contributed by atoms with Crippen molar-refractivity contribution in [3.8, 4) is 0 Å². The van der Waals surface area contributed by atoms with Gasteiger partial charge in [-0.15, -0.1) is 0 Å². The van der Waals surface area contributed by atoms with Gasteiger partial charge in [0.15, 0.2) is 0 Å². The number of thioether (sulfide) groups is 1. The van der Waals surface area contributed by atoms with E-state index in [0.29, 0.717) is 0 Å². The summed E-state index contributed by atoms with van der Waals surface area (Å²) in [5.74, 6) is 0. The van der Waals surface area contributed by atoms with E-state index in [1.165, 1.54) is 28.4 Å². The van der Waals surface area contributed by atoms with Gasteiger partial charge in [-0.1, -0.05) is 12.1 Å². The van der Waals surface area contributed by atoms with E-state index in [0.717, 1.165) is 17.8 Å². The molecular weight excluding hydrogens is 329 g/mol. The maximum Gasteiger partial charge on any atom is 0.0208 e. The first-order valence-corrected chi connectivity index (χ1v) is 8.15. The van der Waals surface area contributed by atoms with Crippen molar-refractivity contribution in [2.75, 3.05) is 6.26 Å². The minimum atomic E-state index is 0.733. The fourth-order valence-corrected chi connectivity index (χ4v) is 3.36. The minimum Gasteiger partial charge on any atom is -0.310 e. The van der Waals surface area contributed by atoms with Gasteiger partial charge in [0.25, 0.3) is 0 Å².